The second kappa shape index (κ2) is 9.66. The molecule has 170 valence electrons. The topological polar surface area (TPSA) is 87.2 Å². The molecule has 34 heavy (non-hydrogen) atoms. The Morgan fingerprint density at radius 2 is 1.97 bits per heavy atom. The van der Waals surface area contributed by atoms with Crippen LogP contribution in [0.15, 0.2) is 86.7 Å². The number of nitrogens with zero attached hydrogens (tertiary/aromatic N) is 3. The molecule has 0 fully saturated rings. The Kier molecular flexibility index (Phi) is 6.29. The first-order valence-electron chi connectivity index (χ1n) is 10.4. The van der Waals surface area contributed by atoms with Gasteiger partial charge in [0.05, 0.1) is 42.1 Å². The highest BCUT2D eigenvalue weighted by molar-refractivity contribution is 7.98. The summed E-state index contributed by atoms with van der Waals surface area (Å²) >= 11 is 3.00. The van der Waals surface area contributed by atoms with Crippen LogP contribution in [0.4, 0.5) is 0 Å². The van der Waals surface area contributed by atoms with Crippen molar-refractivity contribution in [2.24, 2.45) is 0 Å². The number of carbonyl (C=O) groups is 1. The summed E-state index contributed by atoms with van der Waals surface area (Å²) in [5, 5.41) is 3.90. The molecule has 0 amide bonds. The molecule has 0 bridgehead atoms. The van der Waals surface area contributed by atoms with Crippen LogP contribution in [0, 0.1) is 0 Å². The molecule has 0 aliphatic rings. The first-order valence-corrected chi connectivity index (χ1v) is 12.3. The summed E-state index contributed by atoms with van der Waals surface area (Å²) in [6, 6.07) is 18.4. The number of furan rings is 1. The molecule has 5 aromatic rings. The minimum Gasteiger partial charge on any atom is -0.467 e. The molecule has 5 rings (SSSR count). The van der Waals surface area contributed by atoms with Crippen molar-refractivity contribution in [2.45, 2.75) is 17.5 Å². The third kappa shape index (κ3) is 4.52. The molecule has 3 heterocycles. The molecule has 0 unspecified atom stereocenters. The van der Waals surface area contributed by atoms with E-state index >= 15 is 0 Å². The Hall–Kier alpha value is -3.69. The first kappa shape index (κ1) is 22.1. The third-order valence-corrected chi connectivity index (χ3v) is 7.11. The lowest BCUT2D eigenvalue weighted by molar-refractivity contribution is 0.0601. The van der Waals surface area contributed by atoms with E-state index in [4.69, 9.17) is 19.1 Å². The van der Waals surface area contributed by atoms with E-state index in [9.17, 15) is 9.59 Å². The monoisotopic (exact) mass is 489 g/mol. The summed E-state index contributed by atoms with van der Waals surface area (Å²) in [7, 11) is 1.32. The SMILES string of the molecule is COC(=O)c1ccc2c(=O)n(Cc3ccco3)c(SCc3csc(-c4ccccc4)n3)nc2c1. The van der Waals surface area contributed by atoms with E-state index in [0.29, 0.717) is 33.1 Å². The van der Waals surface area contributed by atoms with Crippen LogP contribution >= 0.6 is 23.1 Å². The predicted molar refractivity (Wildman–Crippen MR) is 132 cm³/mol. The van der Waals surface area contributed by atoms with Crippen LogP contribution in [0.5, 0.6) is 0 Å². The molecule has 3 aromatic heterocycles. The van der Waals surface area contributed by atoms with Crippen LogP contribution in [-0.2, 0) is 17.0 Å². The van der Waals surface area contributed by atoms with Gasteiger partial charge in [-0.3, -0.25) is 9.36 Å². The zero-order chi connectivity index (χ0) is 23.5. The highest BCUT2D eigenvalue weighted by Crippen LogP contribution is 2.28. The van der Waals surface area contributed by atoms with Gasteiger partial charge in [-0.05, 0) is 30.3 Å². The van der Waals surface area contributed by atoms with Gasteiger partial charge in [0.1, 0.15) is 10.8 Å². The minimum atomic E-state index is -0.478. The van der Waals surface area contributed by atoms with Gasteiger partial charge in [0.15, 0.2) is 5.16 Å². The lowest BCUT2D eigenvalue weighted by Crippen LogP contribution is -2.24. The van der Waals surface area contributed by atoms with Gasteiger partial charge in [0, 0.05) is 16.7 Å². The molecule has 9 heteroatoms. The quantitative estimate of drug-likeness (QED) is 0.175. The maximum Gasteiger partial charge on any atom is 0.337 e. The molecule has 2 aromatic carbocycles. The Balaban J connectivity index is 1.50. The number of hydrogen-bond acceptors (Lipinski definition) is 8. The Labute approximate surface area is 203 Å². The molecular weight excluding hydrogens is 470 g/mol. The zero-order valence-electron chi connectivity index (χ0n) is 18.1. The summed E-state index contributed by atoms with van der Waals surface area (Å²) < 4.78 is 11.9. The molecule has 0 saturated carbocycles. The van der Waals surface area contributed by atoms with Gasteiger partial charge in [0.2, 0.25) is 0 Å². The van der Waals surface area contributed by atoms with Crippen molar-refractivity contribution in [2.75, 3.05) is 7.11 Å². The molecule has 0 aliphatic heterocycles. The van der Waals surface area contributed by atoms with E-state index < -0.39 is 5.97 Å². The number of benzene rings is 2. The smallest absolute Gasteiger partial charge is 0.337 e. The molecule has 0 atom stereocenters. The van der Waals surface area contributed by atoms with Crippen LogP contribution in [0.25, 0.3) is 21.5 Å². The van der Waals surface area contributed by atoms with E-state index in [0.717, 1.165) is 16.3 Å². The van der Waals surface area contributed by atoms with Gasteiger partial charge in [-0.1, -0.05) is 42.1 Å². The molecule has 0 aliphatic carbocycles. The van der Waals surface area contributed by atoms with Crippen molar-refractivity contribution < 1.29 is 13.9 Å². The second-order valence-electron chi connectivity index (χ2n) is 7.39. The van der Waals surface area contributed by atoms with Gasteiger partial charge < -0.3 is 9.15 Å². The Bertz CT molecular complexity index is 1510. The maximum absolute atomic E-state index is 13.4. The van der Waals surface area contributed by atoms with E-state index in [1.165, 1.54) is 18.9 Å². The van der Waals surface area contributed by atoms with Crippen molar-refractivity contribution >= 4 is 40.0 Å². The van der Waals surface area contributed by atoms with Crippen LogP contribution in [0.3, 0.4) is 0 Å². The lowest BCUT2D eigenvalue weighted by atomic mass is 10.1. The van der Waals surface area contributed by atoms with Gasteiger partial charge in [0.25, 0.3) is 5.56 Å². The van der Waals surface area contributed by atoms with Crippen molar-refractivity contribution in [3.05, 3.63) is 99.7 Å². The van der Waals surface area contributed by atoms with Crippen molar-refractivity contribution in [1.82, 2.24) is 14.5 Å². The summed E-state index contributed by atoms with van der Waals surface area (Å²) in [5.41, 5.74) is 2.54. The number of thioether (sulfide) groups is 1. The average molecular weight is 490 g/mol. The van der Waals surface area contributed by atoms with Crippen LogP contribution in [0.2, 0.25) is 0 Å². The van der Waals surface area contributed by atoms with E-state index in [1.807, 2.05) is 41.8 Å². The van der Waals surface area contributed by atoms with Crippen molar-refractivity contribution in [3.8, 4) is 10.6 Å². The number of ether oxygens (including phenoxy) is 1. The molecular formula is C25H19N3O4S2. The van der Waals surface area contributed by atoms with E-state index in [-0.39, 0.29) is 12.1 Å². The van der Waals surface area contributed by atoms with Crippen LogP contribution in [0.1, 0.15) is 21.8 Å². The third-order valence-electron chi connectivity index (χ3n) is 5.16. The molecule has 0 radical (unpaired) electrons. The fourth-order valence-electron chi connectivity index (χ4n) is 3.48. The highest BCUT2D eigenvalue weighted by atomic mass is 32.2. The summed E-state index contributed by atoms with van der Waals surface area (Å²) in [5.74, 6) is 0.709. The number of hydrogen-bond donors (Lipinski definition) is 0. The number of thiazole rings is 1. The second-order valence-corrected chi connectivity index (χ2v) is 9.19. The summed E-state index contributed by atoms with van der Waals surface area (Å²) in [6.45, 7) is 0.252. The Morgan fingerprint density at radius 1 is 1.12 bits per heavy atom. The molecule has 0 N–H and O–H groups in total. The number of aromatic nitrogens is 3. The molecule has 7 nitrogen and oxygen atoms in total. The van der Waals surface area contributed by atoms with Gasteiger partial charge in [-0.15, -0.1) is 11.3 Å². The highest BCUT2D eigenvalue weighted by Gasteiger charge is 2.16. The van der Waals surface area contributed by atoms with Gasteiger partial charge in [-0.25, -0.2) is 14.8 Å². The fraction of sp³-hybridized carbons (Fsp3) is 0.120. The standard InChI is InChI=1S/C25H19N3O4S2/c1-31-24(30)17-9-10-20-21(12-17)27-25(28(23(20)29)13-19-8-5-11-32-19)34-15-18-14-33-22(26-18)16-6-3-2-4-7-16/h2-12,14H,13,15H2,1H3. The van der Waals surface area contributed by atoms with Crippen molar-refractivity contribution in [1.29, 1.82) is 0 Å². The largest absolute Gasteiger partial charge is 0.467 e. The number of methoxy groups -OCH3 is 1. The molecule has 0 spiro atoms. The van der Waals surface area contributed by atoms with Gasteiger partial charge in [-0.2, -0.15) is 0 Å². The first-order chi connectivity index (χ1) is 16.6. The van der Waals surface area contributed by atoms with Crippen LogP contribution < -0.4 is 5.56 Å². The maximum atomic E-state index is 13.4. The predicted octanol–water partition coefficient (Wildman–Crippen LogP) is 5.24. The summed E-state index contributed by atoms with van der Waals surface area (Å²) in [6.07, 6.45) is 1.57. The zero-order valence-corrected chi connectivity index (χ0v) is 19.8. The summed E-state index contributed by atoms with van der Waals surface area (Å²) in [4.78, 5) is 34.8. The van der Waals surface area contributed by atoms with Gasteiger partial charge >= 0.3 is 5.97 Å². The minimum absolute atomic E-state index is 0.205. The number of fused-ring (bicyclic) bond motifs is 1. The normalized spacial score (nSPS) is 11.1. The number of carbonyl (C=O) groups excluding carboxylic acids is 1. The number of esters is 1. The fourth-order valence-corrected chi connectivity index (χ4v) is 5.30. The number of rotatable bonds is 7. The van der Waals surface area contributed by atoms with E-state index in [1.54, 1.807) is 46.4 Å². The van der Waals surface area contributed by atoms with E-state index in [2.05, 4.69) is 0 Å². The Morgan fingerprint density at radius 3 is 2.74 bits per heavy atom. The van der Waals surface area contributed by atoms with Crippen molar-refractivity contribution in [3.63, 3.8) is 0 Å². The lowest BCUT2D eigenvalue weighted by Gasteiger charge is -2.12. The van der Waals surface area contributed by atoms with Crippen LogP contribution in [-0.4, -0.2) is 27.6 Å². The average Bonchev–Trinajstić information content (AvgIpc) is 3.57. The molecule has 0 saturated heterocycles.